The first kappa shape index (κ1) is 22.3. The predicted octanol–water partition coefficient (Wildman–Crippen LogP) is 5.30. The number of amides is 2. The number of benzene rings is 2. The molecule has 0 saturated heterocycles. The molecule has 1 fully saturated rings. The van der Waals surface area contributed by atoms with E-state index in [1.165, 1.54) is 0 Å². The van der Waals surface area contributed by atoms with Crippen molar-refractivity contribution in [3.05, 3.63) is 77.5 Å². The average molecular weight is 448 g/mol. The molecule has 2 aromatic rings. The zero-order valence-electron chi connectivity index (χ0n) is 18.3. The summed E-state index contributed by atoms with van der Waals surface area (Å²) in [5.41, 5.74) is 8.60. The van der Waals surface area contributed by atoms with E-state index in [1.807, 2.05) is 55.5 Å². The van der Waals surface area contributed by atoms with Gasteiger partial charge in [0.2, 0.25) is 5.91 Å². The standard InChI is InChI=1S/C26H29N3O2S/c1-18-21(24(31)29-20-13-7-3-8-14-20)26(15-9-4-10-16-26)22(23(27)30)25(28-18)32-17-19-11-5-2-6-12-19/h2-3,5-8,11-14,22H,4,9-10,15-17H2,1H3,(H2,27,30)(H,29,31)/t22-/m1/s1. The quantitative estimate of drug-likeness (QED) is 0.652. The molecule has 1 atom stereocenters. The van der Waals surface area contributed by atoms with Gasteiger partial charge in [0, 0.05) is 28.1 Å². The topological polar surface area (TPSA) is 84.5 Å². The molecule has 0 unspecified atom stereocenters. The summed E-state index contributed by atoms with van der Waals surface area (Å²) in [7, 11) is 0. The van der Waals surface area contributed by atoms with Crippen molar-refractivity contribution in [2.45, 2.75) is 44.8 Å². The molecule has 2 aliphatic rings. The monoisotopic (exact) mass is 447 g/mol. The number of thioether (sulfide) groups is 1. The van der Waals surface area contributed by atoms with Crippen molar-refractivity contribution in [2.75, 3.05) is 5.32 Å². The van der Waals surface area contributed by atoms with Crippen molar-refractivity contribution >= 4 is 34.3 Å². The highest BCUT2D eigenvalue weighted by atomic mass is 32.2. The molecule has 1 heterocycles. The van der Waals surface area contributed by atoms with Crippen molar-refractivity contribution < 1.29 is 9.59 Å². The van der Waals surface area contributed by atoms with E-state index in [1.54, 1.807) is 11.8 Å². The van der Waals surface area contributed by atoms with Crippen LogP contribution < -0.4 is 11.1 Å². The third-order valence-electron chi connectivity index (χ3n) is 6.46. The van der Waals surface area contributed by atoms with Gasteiger partial charge in [0.05, 0.1) is 11.0 Å². The molecule has 0 bridgehead atoms. The number of hydrogen-bond acceptors (Lipinski definition) is 4. The molecule has 32 heavy (non-hydrogen) atoms. The first-order valence-corrected chi connectivity index (χ1v) is 12.1. The van der Waals surface area contributed by atoms with Gasteiger partial charge in [-0.05, 0) is 37.5 Å². The molecule has 0 aromatic heterocycles. The smallest absolute Gasteiger partial charge is 0.254 e. The molecule has 166 valence electrons. The van der Waals surface area contributed by atoms with E-state index in [4.69, 9.17) is 10.7 Å². The lowest BCUT2D eigenvalue weighted by Crippen LogP contribution is -2.50. The molecular formula is C26H29N3O2S. The molecule has 6 heteroatoms. The predicted molar refractivity (Wildman–Crippen MR) is 131 cm³/mol. The Morgan fingerprint density at radius 3 is 2.28 bits per heavy atom. The third kappa shape index (κ3) is 4.51. The summed E-state index contributed by atoms with van der Waals surface area (Å²) in [5.74, 6) is -0.462. The molecule has 3 N–H and O–H groups in total. The summed E-state index contributed by atoms with van der Waals surface area (Å²) in [5, 5.41) is 3.75. The van der Waals surface area contributed by atoms with E-state index in [0.29, 0.717) is 17.0 Å². The fourth-order valence-electron chi connectivity index (χ4n) is 5.09. The van der Waals surface area contributed by atoms with E-state index in [-0.39, 0.29) is 5.91 Å². The van der Waals surface area contributed by atoms with Crippen LogP contribution in [-0.4, -0.2) is 16.9 Å². The van der Waals surface area contributed by atoms with Crippen LogP contribution in [0.1, 0.15) is 44.6 Å². The second kappa shape index (κ2) is 9.74. The Morgan fingerprint density at radius 1 is 1.03 bits per heavy atom. The van der Waals surface area contributed by atoms with E-state index in [9.17, 15) is 9.59 Å². The van der Waals surface area contributed by atoms with Crippen molar-refractivity contribution in [1.29, 1.82) is 0 Å². The summed E-state index contributed by atoms with van der Waals surface area (Å²) in [4.78, 5) is 31.2. The van der Waals surface area contributed by atoms with Crippen molar-refractivity contribution in [3.63, 3.8) is 0 Å². The van der Waals surface area contributed by atoms with E-state index >= 15 is 0 Å². The minimum Gasteiger partial charge on any atom is -0.369 e. The average Bonchev–Trinajstić information content (AvgIpc) is 2.79. The SMILES string of the molecule is CC1=C(C(=O)Nc2ccccc2)C2(CCCCC2)[C@H](C(N)=O)C(SCc2ccccc2)=N1. The summed E-state index contributed by atoms with van der Waals surface area (Å²) in [6.45, 7) is 1.89. The highest BCUT2D eigenvalue weighted by molar-refractivity contribution is 8.13. The largest absolute Gasteiger partial charge is 0.369 e. The second-order valence-electron chi connectivity index (χ2n) is 8.56. The minimum absolute atomic E-state index is 0.183. The van der Waals surface area contributed by atoms with Crippen LogP contribution in [0, 0.1) is 11.3 Å². The van der Waals surface area contributed by atoms with Crippen molar-refractivity contribution in [1.82, 2.24) is 0 Å². The Hall–Kier alpha value is -2.86. The summed E-state index contributed by atoms with van der Waals surface area (Å²) < 4.78 is 0. The first-order valence-electron chi connectivity index (χ1n) is 11.1. The second-order valence-corrected chi connectivity index (χ2v) is 9.55. The number of anilines is 1. The Labute approximate surface area is 193 Å². The first-order chi connectivity index (χ1) is 15.5. The highest BCUT2D eigenvalue weighted by Gasteiger charge is 2.53. The lowest BCUT2D eigenvalue weighted by Gasteiger charge is -2.46. The summed E-state index contributed by atoms with van der Waals surface area (Å²) in [6, 6.07) is 19.5. The molecule has 4 rings (SSSR count). The van der Waals surface area contributed by atoms with Crippen LogP contribution >= 0.6 is 11.8 Å². The molecule has 0 radical (unpaired) electrons. The van der Waals surface area contributed by atoms with Crippen LogP contribution in [0.3, 0.4) is 0 Å². The van der Waals surface area contributed by atoms with Crippen molar-refractivity contribution in [3.8, 4) is 0 Å². The van der Waals surface area contributed by atoms with Gasteiger partial charge in [0.25, 0.3) is 5.91 Å². The van der Waals surface area contributed by atoms with Crippen LogP contribution in [0.2, 0.25) is 0 Å². The van der Waals surface area contributed by atoms with E-state index < -0.39 is 17.2 Å². The zero-order valence-corrected chi connectivity index (χ0v) is 19.2. The lowest BCUT2D eigenvalue weighted by molar-refractivity contribution is -0.123. The molecule has 1 aliphatic heterocycles. The minimum atomic E-state index is -0.603. The Balaban J connectivity index is 1.72. The van der Waals surface area contributed by atoms with Gasteiger partial charge in [-0.2, -0.15) is 0 Å². The maximum Gasteiger partial charge on any atom is 0.254 e. The van der Waals surface area contributed by atoms with E-state index in [2.05, 4.69) is 17.4 Å². The van der Waals surface area contributed by atoms with Crippen LogP contribution in [-0.2, 0) is 15.3 Å². The number of nitrogens with one attached hydrogen (secondary N) is 1. The third-order valence-corrected chi connectivity index (χ3v) is 7.56. The number of hydrogen-bond donors (Lipinski definition) is 2. The van der Waals surface area contributed by atoms with Gasteiger partial charge in [-0.25, -0.2) is 4.99 Å². The number of carbonyl (C=O) groups excluding carboxylic acids is 2. The Morgan fingerprint density at radius 2 is 1.66 bits per heavy atom. The summed E-state index contributed by atoms with van der Waals surface area (Å²) in [6.07, 6.45) is 4.57. The number of aliphatic imine (C=N–C) groups is 1. The van der Waals surface area contributed by atoms with Crippen LogP contribution in [0.5, 0.6) is 0 Å². The van der Waals surface area contributed by atoms with Gasteiger partial charge < -0.3 is 11.1 Å². The van der Waals surface area contributed by atoms with Gasteiger partial charge in [-0.15, -0.1) is 11.8 Å². The zero-order chi connectivity index (χ0) is 22.6. The molecule has 2 aromatic carbocycles. The normalized spacial score (nSPS) is 20.0. The summed E-state index contributed by atoms with van der Waals surface area (Å²) >= 11 is 1.56. The number of primary amides is 1. The molecular weight excluding hydrogens is 418 g/mol. The maximum atomic E-state index is 13.5. The van der Waals surface area contributed by atoms with Crippen LogP contribution in [0.4, 0.5) is 5.69 Å². The number of carbonyl (C=O) groups is 2. The van der Waals surface area contributed by atoms with Gasteiger partial charge in [-0.1, -0.05) is 67.8 Å². The van der Waals surface area contributed by atoms with E-state index in [0.717, 1.165) is 48.4 Å². The van der Waals surface area contributed by atoms with Gasteiger partial charge >= 0.3 is 0 Å². The molecule has 1 saturated carbocycles. The van der Waals surface area contributed by atoms with Crippen LogP contribution in [0.15, 0.2) is 76.9 Å². The van der Waals surface area contributed by atoms with Gasteiger partial charge in [0.15, 0.2) is 0 Å². The number of allylic oxidation sites excluding steroid dienone is 1. The highest BCUT2D eigenvalue weighted by Crippen LogP contribution is 2.53. The molecule has 1 aliphatic carbocycles. The van der Waals surface area contributed by atoms with Gasteiger partial charge in [0.1, 0.15) is 0 Å². The molecule has 1 spiro atoms. The van der Waals surface area contributed by atoms with Crippen molar-refractivity contribution in [2.24, 2.45) is 22.1 Å². The maximum absolute atomic E-state index is 13.5. The fourth-order valence-corrected chi connectivity index (χ4v) is 6.31. The number of para-hydroxylation sites is 1. The molecule has 2 amide bonds. The van der Waals surface area contributed by atoms with Gasteiger partial charge in [-0.3, -0.25) is 9.59 Å². The fraction of sp³-hybridized carbons (Fsp3) is 0.346. The molecule has 5 nitrogen and oxygen atoms in total. The number of rotatable bonds is 5. The Bertz CT molecular complexity index is 1040. The lowest BCUT2D eigenvalue weighted by atomic mass is 9.60. The number of nitrogens with zero attached hydrogens (tertiary/aromatic N) is 1. The Kier molecular flexibility index (Phi) is 6.80. The van der Waals surface area contributed by atoms with Crippen LogP contribution in [0.25, 0.3) is 0 Å². The number of nitrogens with two attached hydrogens (primary N) is 1.